The number of methoxy groups -OCH3 is 2. The van der Waals surface area contributed by atoms with E-state index in [1.54, 1.807) is 13.2 Å². The third-order valence-corrected chi connectivity index (χ3v) is 3.44. The molecule has 0 aliphatic rings. The van der Waals surface area contributed by atoms with Crippen molar-refractivity contribution in [3.63, 3.8) is 0 Å². The van der Waals surface area contributed by atoms with Gasteiger partial charge in [-0.15, -0.1) is 0 Å². The van der Waals surface area contributed by atoms with E-state index < -0.39 is 0 Å². The van der Waals surface area contributed by atoms with E-state index in [4.69, 9.17) is 9.47 Å². The van der Waals surface area contributed by atoms with Crippen molar-refractivity contribution in [1.82, 2.24) is 0 Å². The summed E-state index contributed by atoms with van der Waals surface area (Å²) in [5.74, 6) is 0.894. The molecule has 3 aromatic carbocycles. The van der Waals surface area contributed by atoms with Crippen LogP contribution in [-0.2, 0) is 0 Å². The molecule has 20 heavy (non-hydrogen) atoms. The molecular weight excluding hydrogens is 256 g/mol. The largest absolute Gasteiger partial charge is 0.507 e. The first-order chi connectivity index (χ1) is 9.67. The minimum absolute atomic E-state index is 0.0113. The van der Waals surface area contributed by atoms with Gasteiger partial charge in [-0.3, -0.25) is 0 Å². The maximum atomic E-state index is 10.2. The van der Waals surface area contributed by atoms with E-state index in [2.05, 4.69) is 0 Å². The minimum Gasteiger partial charge on any atom is -0.507 e. The van der Waals surface area contributed by atoms with Gasteiger partial charge >= 0.3 is 0 Å². The Morgan fingerprint density at radius 1 is 0.800 bits per heavy atom. The van der Waals surface area contributed by atoms with E-state index >= 15 is 0 Å². The molecule has 4 heteroatoms. The lowest BCUT2D eigenvalue weighted by molar-refractivity contribution is 0.374. The molecule has 0 heterocycles. The predicted molar refractivity (Wildman–Crippen MR) is 77.9 cm³/mol. The lowest BCUT2D eigenvalue weighted by Crippen LogP contribution is -1.91. The summed E-state index contributed by atoms with van der Waals surface area (Å²) >= 11 is 0. The van der Waals surface area contributed by atoms with Crippen molar-refractivity contribution in [1.29, 1.82) is 0 Å². The van der Waals surface area contributed by atoms with Crippen LogP contribution >= 0.6 is 0 Å². The third kappa shape index (κ3) is 1.61. The van der Waals surface area contributed by atoms with Crippen molar-refractivity contribution in [3.8, 4) is 23.0 Å². The van der Waals surface area contributed by atoms with Crippen molar-refractivity contribution >= 4 is 21.5 Å². The highest BCUT2D eigenvalue weighted by molar-refractivity contribution is 6.15. The van der Waals surface area contributed by atoms with Crippen LogP contribution in [0.3, 0.4) is 0 Å². The standard InChI is InChI=1S/C16H14O4/c1-19-14-7-11-15(10-6-4-3-5-9(10)14)12(17)8-13(18)16(11)20-2/h3-8,17-18H,1-2H3. The molecule has 0 aliphatic carbocycles. The second-order valence-corrected chi connectivity index (χ2v) is 4.50. The summed E-state index contributed by atoms with van der Waals surface area (Å²) in [6.07, 6.45) is 0. The van der Waals surface area contributed by atoms with Crippen molar-refractivity contribution in [3.05, 3.63) is 36.4 Å². The Balaban J connectivity index is 2.61. The second-order valence-electron chi connectivity index (χ2n) is 4.50. The molecule has 0 amide bonds. The second kappa shape index (κ2) is 4.49. The van der Waals surface area contributed by atoms with Gasteiger partial charge in [-0.1, -0.05) is 24.3 Å². The van der Waals surface area contributed by atoms with Gasteiger partial charge in [0.15, 0.2) is 11.5 Å². The Kier molecular flexibility index (Phi) is 2.79. The highest BCUT2D eigenvalue weighted by Crippen LogP contribution is 2.45. The molecule has 3 aromatic rings. The van der Waals surface area contributed by atoms with Crippen molar-refractivity contribution < 1.29 is 19.7 Å². The zero-order valence-electron chi connectivity index (χ0n) is 11.2. The average molecular weight is 270 g/mol. The SMILES string of the molecule is COc1cc2c(OC)c(O)cc(O)c2c2ccccc12. The molecule has 0 aliphatic heterocycles. The van der Waals surface area contributed by atoms with Gasteiger partial charge in [-0.25, -0.2) is 0 Å². The summed E-state index contributed by atoms with van der Waals surface area (Å²) in [6.45, 7) is 0. The summed E-state index contributed by atoms with van der Waals surface area (Å²) in [6, 6.07) is 10.7. The van der Waals surface area contributed by atoms with Crippen LogP contribution in [-0.4, -0.2) is 24.4 Å². The molecule has 0 bridgehead atoms. The lowest BCUT2D eigenvalue weighted by Gasteiger charge is -2.14. The van der Waals surface area contributed by atoms with E-state index in [0.717, 1.165) is 10.8 Å². The first-order valence-corrected chi connectivity index (χ1v) is 6.15. The van der Waals surface area contributed by atoms with Gasteiger partial charge in [0.1, 0.15) is 11.5 Å². The molecule has 3 rings (SSSR count). The Labute approximate surface area is 115 Å². The molecule has 0 atom stereocenters. The van der Waals surface area contributed by atoms with Crippen LogP contribution in [0, 0.1) is 0 Å². The molecule has 0 unspecified atom stereocenters. The Morgan fingerprint density at radius 2 is 1.50 bits per heavy atom. The molecule has 0 saturated carbocycles. The quantitative estimate of drug-likeness (QED) is 0.700. The molecule has 4 nitrogen and oxygen atoms in total. The number of ether oxygens (including phenoxy) is 2. The Morgan fingerprint density at radius 3 is 2.15 bits per heavy atom. The molecule has 2 N–H and O–H groups in total. The van der Waals surface area contributed by atoms with Crippen molar-refractivity contribution in [2.75, 3.05) is 14.2 Å². The highest BCUT2D eigenvalue weighted by Gasteiger charge is 2.16. The summed E-state index contributed by atoms with van der Waals surface area (Å²) in [5.41, 5.74) is 0. The maximum absolute atomic E-state index is 10.2. The number of phenols is 2. The van der Waals surface area contributed by atoms with Crippen LogP contribution in [0.15, 0.2) is 36.4 Å². The first-order valence-electron chi connectivity index (χ1n) is 6.15. The van der Waals surface area contributed by atoms with Gasteiger partial charge in [-0.2, -0.15) is 0 Å². The van der Waals surface area contributed by atoms with Crippen molar-refractivity contribution in [2.45, 2.75) is 0 Å². The van der Waals surface area contributed by atoms with E-state index in [1.165, 1.54) is 13.2 Å². The van der Waals surface area contributed by atoms with Gasteiger partial charge in [0, 0.05) is 22.2 Å². The lowest BCUT2D eigenvalue weighted by atomic mass is 9.99. The van der Waals surface area contributed by atoms with Crippen LogP contribution in [0.4, 0.5) is 0 Å². The van der Waals surface area contributed by atoms with Crippen LogP contribution in [0.25, 0.3) is 21.5 Å². The summed E-state index contributed by atoms with van der Waals surface area (Å²) < 4.78 is 10.6. The van der Waals surface area contributed by atoms with Crippen LogP contribution in [0.5, 0.6) is 23.0 Å². The number of aromatic hydroxyl groups is 2. The number of rotatable bonds is 2. The topological polar surface area (TPSA) is 58.9 Å². The molecular formula is C16H14O4. The summed E-state index contributed by atoms with van der Waals surface area (Å²) in [7, 11) is 3.07. The fourth-order valence-electron chi connectivity index (χ4n) is 2.59. The smallest absolute Gasteiger partial charge is 0.168 e. The monoisotopic (exact) mass is 270 g/mol. The van der Waals surface area contributed by atoms with E-state index in [0.29, 0.717) is 22.3 Å². The van der Waals surface area contributed by atoms with Gasteiger partial charge in [0.25, 0.3) is 0 Å². The van der Waals surface area contributed by atoms with Gasteiger partial charge in [0.2, 0.25) is 0 Å². The maximum Gasteiger partial charge on any atom is 0.168 e. The third-order valence-electron chi connectivity index (χ3n) is 3.44. The average Bonchev–Trinajstić information content (AvgIpc) is 2.46. The van der Waals surface area contributed by atoms with E-state index in [9.17, 15) is 10.2 Å². The molecule has 0 fully saturated rings. The number of benzene rings is 3. The number of phenolic OH excluding ortho intramolecular Hbond substituents is 2. The zero-order valence-corrected chi connectivity index (χ0v) is 11.2. The normalized spacial score (nSPS) is 10.9. The number of hydrogen-bond donors (Lipinski definition) is 2. The van der Waals surface area contributed by atoms with Gasteiger partial charge in [0.05, 0.1) is 14.2 Å². The molecule has 0 radical (unpaired) electrons. The summed E-state index contributed by atoms with van der Waals surface area (Å²) in [5, 5.41) is 23.1. The van der Waals surface area contributed by atoms with Crippen LogP contribution in [0.2, 0.25) is 0 Å². The van der Waals surface area contributed by atoms with E-state index in [-0.39, 0.29) is 11.5 Å². The van der Waals surface area contributed by atoms with Crippen LogP contribution in [0.1, 0.15) is 0 Å². The minimum atomic E-state index is -0.102. The molecule has 0 aromatic heterocycles. The molecule has 0 saturated heterocycles. The van der Waals surface area contributed by atoms with Gasteiger partial charge in [-0.05, 0) is 11.5 Å². The Hall–Kier alpha value is -2.62. The van der Waals surface area contributed by atoms with Gasteiger partial charge < -0.3 is 19.7 Å². The summed E-state index contributed by atoms with van der Waals surface area (Å²) in [4.78, 5) is 0. The zero-order chi connectivity index (χ0) is 14.3. The fourth-order valence-corrected chi connectivity index (χ4v) is 2.59. The highest BCUT2D eigenvalue weighted by atomic mass is 16.5. The number of hydrogen-bond acceptors (Lipinski definition) is 4. The number of fused-ring (bicyclic) bond motifs is 3. The first kappa shape index (κ1) is 12.4. The fraction of sp³-hybridized carbons (Fsp3) is 0.125. The van der Waals surface area contributed by atoms with E-state index in [1.807, 2.05) is 24.3 Å². The van der Waals surface area contributed by atoms with Crippen molar-refractivity contribution in [2.24, 2.45) is 0 Å². The molecule has 102 valence electrons. The van der Waals surface area contributed by atoms with Crippen LogP contribution < -0.4 is 9.47 Å². The predicted octanol–water partition coefficient (Wildman–Crippen LogP) is 3.42. The Bertz CT molecular complexity index is 809. The molecule has 0 spiro atoms.